The van der Waals surface area contributed by atoms with Crippen LogP contribution in [0.25, 0.3) is 0 Å². The van der Waals surface area contributed by atoms with Crippen LogP contribution in [0.1, 0.15) is 11.3 Å². The molecule has 96 valence electrons. The Morgan fingerprint density at radius 1 is 1.61 bits per heavy atom. The van der Waals surface area contributed by atoms with Gasteiger partial charge in [-0.3, -0.25) is 4.79 Å². The lowest BCUT2D eigenvalue weighted by Gasteiger charge is -2.07. The molecule has 1 aromatic heterocycles. The van der Waals surface area contributed by atoms with Gasteiger partial charge >= 0.3 is 5.97 Å². The van der Waals surface area contributed by atoms with Gasteiger partial charge in [-0.15, -0.1) is 11.3 Å². The molecule has 1 aliphatic rings. The van der Waals surface area contributed by atoms with E-state index in [-0.39, 0.29) is 18.0 Å². The maximum Gasteiger partial charge on any atom is 0.353 e. The van der Waals surface area contributed by atoms with E-state index in [0.717, 1.165) is 4.88 Å². The minimum atomic E-state index is -1.17. The lowest BCUT2D eigenvalue weighted by molar-refractivity contribution is -0.131. The number of rotatable bonds is 4. The van der Waals surface area contributed by atoms with E-state index < -0.39 is 12.1 Å². The summed E-state index contributed by atoms with van der Waals surface area (Å²) in [6.07, 6.45) is -0.890. The number of hydrogen-bond donors (Lipinski definition) is 2. The molecule has 0 saturated carbocycles. The predicted molar refractivity (Wildman–Crippen MR) is 65.7 cm³/mol. The number of carboxylic acids is 1. The monoisotopic (exact) mass is 288 g/mol. The van der Waals surface area contributed by atoms with Gasteiger partial charge in [0.05, 0.1) is 10.9 Å². The number of aliphatic carboxylic acids is 1. The van der Waals surface area contributed by atoms with Crippen LogP contribution < -0.4 is 5.32 Å². The second kappa shape index (κ2) is 5.36. The minimum Gasteiger partial charge on any atom is -0.477 e. The maximum atomic E-state index is 11.7. The molecule has 2 rings (SSSR count). The van der Waals surface area contributed by atoms with Gasteiger partial charge in [-0.05, 0) is 12.1 Å². The van der Waals surface area contributed by atoms with Crippen molar-refractivity contribution in [2.45, 2.75) is 19.1 Å². The molecule has 0 aromatic carbocycles. The quantitative estimate of drug-likeness (QED) is 0.873. The molecule has 1 aliphatic heterocycles. The molecule has 0 fully saturated rings. The van der Waals surface area contributed by atoms with Crippen molar-refractivity contribution in [2.75, 3.05) is 0 Å². The lowest BCUT2D eigenvalue weighted by atomic mass is 10.2. The van der Waals surface area contributed by atoms with Gasteiger partial charge in [0.15, 0.2) is 5.71 Å². The Morgan fingerprint density at radius 2 is 2.39 bits per heavy atom. The molecular weight excluding hydrogens is 280 g/mol. The molecule has 2 heterocycles. The fourth-order valence-electron chi connectivity index (χ4n) is 1.38. The van der Waals surface area contributed by atoms with Gasteiger partial charge in [0.1, 0.15) is 0 Å². The number of halogens is 1. The molecular formula is C10H9ClN2O4S. The number of thiophene rings is 1. The van der Waals surface area contributed by atoms with Crippen LogP contribution in [0.3, 0.4) is 0 Å². The van der Waals surface area contributed by atoms with E-state index in [4.69, 9.17) is 21.5 Å². The summed E-state index contributed by atoms with van der Waals surface area (Å²) in [5.41, 5.74) is -0.144. The Bertz CT molecular complexity index is 514. The van der Waals surface area contributed by atoms with Crippen molar-refractivity contribution in [2.24, 2.45) is 5.16 Å². The third-order valence-electron chi connectivity index (χ3n) is 2.27. The topological polar surface area (TPSA) is 88.0 Å². The van der Waals surface area contributed by atoms with E-state index >= 15 is 0 Å². The van der Waals surface area contributed by atoms with Crippen molar-refractivity contribution in [1.82, 2.24) is 5.32 Å². The summed E-state index contributed by atoms with van der Waals surface area (Å²) >= 11 is 7.12. The van der Waals surface area contributed by atoms with Crippen molar-refractivity contribution >= 4 is 40.5 Å². The number of carbonyl (C=O) groups is 2. The molecule has 0 spiro atoms. The number of carboxylic acid groups (broad SMARTS) is 1. The van der Waals surface area contributed by atoms with Gasteiger partial charge in [-0.25, -0.2) is 4.79 Å². The Hall–Kier alpha value is -1.60. The number of amides is 1. The Balaban J connectivity index is 1.82. The van der Waals surface area contributed by atoms with E-state index in [0.29, 0.717) is 10.9 Å². The van der Waals surface area contributed by atoms with Crippen LogP contribution in [0.4, 0.5) is 0 Å². The summed E-state index contributed by atoms with van der Waals surface area (Å²) in [5.74, 6) is -1.56. The number of nitrogens with one attached hydrogen (secondary N) is 1. The van der Waals surface area contributed by atoms with Crippen LogP contribution in [0.5, 0.6) is 0 Å². The van der Waals surface area contributed by atoms with Crippen LogP contribution in [0.15, 0.2) is 17.3 Å². The van der Waals surface area contributed by atoms with Crippen LogP contribution in [-0.4, -0.2) is 28.8 Å². The Labute approximate surface area is 111 Å². The molecule has 1 unspecified atom stereocenters. The van der Waals surface area contributed by atoms with Gasteiger partial charge in [-0.2, -0.15) is 0 Å². The SMILES string of the molecule is O=C(O)C1=NOC(C(=O)NCc2ccc(Cl)s2)C1. The van der Waals surface area contributed by atoms with E-state index in [1.54, 1.807) is 6.07 Å². The highest BCUT2D eigenvalue weighted by Crippen LogP contribution is 2.21. The average molecular weight is 289 g/mol. The molecule has 6 nitrogen and oxygen atoms in total. The smallest absolute Gasteiger partial charge is 0.353 e. The molecule has 18 heavy (non-hydrogen) atoms. The summed E-state index contributed by atoms with van der Waals surface area (Å²) in [4.78, 5) is 27.9. The first-order chi connectivity index (χ1) is 8.56. The Morgan fingerprint density at radius 3 is 2.94 bits per heavy atom. The molecule has 1 atom stereocenters. The summed E-state index contributed by atoms with van der Waals surface area (Å²) in [5, 5.41) is 14.6. The number of nitrogens with zero attached hydrogens (tertiary/aromatic N) is 1. The van der Waals surface area contributed by atoms with Crippen molar-refractivity contribution < 1.29 is 19.5 Å². The normalized spacial score (nSPS) is 18.1. The van der Waals surface area contributed by atoms with Crippen LogP contribution in [-0.2, 0) is 21.0 Å². The van der Waals surface area contributed by atoms with Gasteiger partial charge < -0.3 is 15.3 Å². The fraction of sp³-hybridized carbons (Fsp3) is 0.300. The van der Waals surface area contributed by atoms with E-state index in [2.05, 4.69) is 10.5 Å². The van der Waals surface area contributed by atoms with Gasteiger partial charge in [0.2, 0.25) is 6.10 Å². The highest BCUT2D eigenvalue weighted by Gasteiger charge is 2.31. The predicted octanol–water partition coefficient (Wildman–Crippen LogP) is 1.25. The lowest BCUT2D eigenvalue weighted by Crippen LogP contribution is -2.34. The molecule has 1 aromatic rings. The fourth-order valence-corrected chi connectivity index (χ4v) is 2.41. The number of hydrogen-bond acceptors (Lipinski definition) is 5. The van der Waals surface area contributed by atoms with E-state index in [1.165, 1.54) is 11.3 Å². The largest absolute Gasteiger partial charge is 0.477 e. The van der Waals surface area contributed by atoms with Crippen LogP contribution in [0.2, 0.25) is 4.34 Å². The highest BCUT2D eigenvalue weighted by molar-refractivity contribution is 7.16. The molecule has 0 saturated heterocycles. The summed E-state index contributed by atoms with van der Waals surface area (Å²) < 4.78 is 0.646. The first-order valence-corrected chi connectivity index (χ1v) is 6.23. The molecule has 0 aliphatic carbocycles. The molecule has 2 N–H and O–H groups in total. The van der Waals surface area contributed by atoms with Gasteiger partial charge in [0.25, 0.3) is 5.91 Å². The van der Waals surface area contributed by atoms with Crippen molar-refractivity contribution in [3.8, 4) is 0 Å². The second-order valence-corrected chi connectivity index (χ2v) is 5.36. The zero-order valence-electron chi connectivity index (χ0n) is 9.05. The van der Waals surface area contributed by atoms with E-state index in [9.17, 15) is 9.59 Å². The highest BCUT2D eigenvalue weighted by atomic mass is 35.5. The standard InChI is InChI=1S/C10H9ClN2O4S/c11-8-2-1-5(18-8)4-12-9(14)7-3-6(10(15)16)13-17-7/h1-2,7H,3-4H2,(H,12,14)(H,15,16). The average Bonchev–Trinajstić information content (AvgIpc) is 2.94. The summed E-state index contributed by atoms with van der Waals surface area (Å²) in [6, 6.07) is 3.55. The second-order valence-electron chi connectivity index (χ2n) is 3.56. The van der Waals surface area contributed by atoms with Crippen molar-refractivity contribution in [3.05, 3.63) is 21.3 Å². The zero-order valence-corrected chi connectivity index (χ0v) is 10.6. The zero-order chi connectivity index (χ0) is 13.1. The maximum absolute atomic E-state index is 11.7. The molecule has 0 bridgehead atoms. The molecule has 1 amide bonds. The van der Waals surface area contributed by atoms with E-state index in [1.807, 2.05) is 6.07 Å². The molecule has 8 heteroatoms. The third-order valence-corrected chi connectivity index (χ3v) is 3.51. The van der Waals surface area contributed by atoms with Gasteiger partial charge in [-0.1, -0.05) is 16.8 Å². The number of oxime groups is 1. The van der Waals surface area contributed by atoms with Crippen molar-refractivity contribution in [3.63, 3.8) is 0 Å². The third kappa shape index (κ3) is 2.99. The van der Waals surface area contributed by atoms with Crippen molar-refractivity contribution in [1.29, 1.82) is 0 Å². The van der Waals surface area contributed by atoms with Gasteiger partial charge in [0, 0.05) is 11.3 Å². The summed E-state index contributed by atoms with van der Waals surface area (Å²) in [7, 11) is 0. The minimum absolute atomic E-state index is 0.0215. The van der Waals surface area contributed by atoms with Crippen LogP contribution >= 0.6 is 22.9 Å². The number of carbonyl (C=O) groups excluding carboxylic acids is 1. The first kappa shape index (κ1) is 12.8. The van der Waals surface area contributed by atoms with Crippen LogP contribution in [0, 0.1) is 0 Å². The first-order valence-electron chi connectivity index (χ1n) is 5.04. The summed E-state index contributed by atoms with van der Waals surface area (Å²) in [6.45, 7) is 0.332. The Kier molecular flexibility index (Phi) is 3.83. The molecule has 0 radical (unpaired) electrons.